The highest BCUT2D eigenvalue weighted by Crippen LogP contribution is 2.31. The van der Waals surface area contributed by atoms with Gasteiger partial charge in [-0.1, -0.05) is 30.3 Å². The normalized spacial score (nSPS) is 19.1. The minimum Gasteiger partial charge on any atom is -0.376 e. The Labute approximate surface area is 171 Å². The number of benzene rings is 1. The summed E-state index contributed by atoms with van der Waals surface area (Å²) in [6, 6.07) is 10.2. The minimum atomic E-state index is -0.105. The van der Waals surface area contributed by atoms with Gasteiger partial charge in [-0.3, -0.25) is 9.59 Å². The van der Waals surface area contributed by atoms with E-state index in [4.69, 9.17) is 9.47 Å². The smallest absolute Gasteiger partial charge is 0.224 e. The molecule has 1 amide bonds. The molecule has 29 heavy (non-hydrogen) atoms. The maximum atomic E-state index is 12.7. The first-order valence-corrected chi connectivity index (χ1v) is 10.4. The molecule has 2 aliphatic rings. The number of ether oxygens (including phenoxy) is 2. The number of aromatic nitrogens is 1. The molecule has 0 unspecified atom stereocenters. The molecule has 1 aromatic carbocycles. The van der Waals surface area contributed by atoms with Gasteiger partial charge in [-0.25, -0.2) is 0 Å². The number of nitrogens with one attached hydrogen (secondary N) is 1. The predicted octanol–water partition coefficient (Wildman–Crippen LogP) is 2.44. The number of fused-ring (bicyclic) bond motifs is 1. The van der Waals surface area contributed by atoms with E-state index in [0.717, 1.165) is 41.9 Å². The molecule has 1 N–H and O–H groups in total. The molecular weight excluding hydrogens is 368 g/mol. The van der Waals surface area contributed by atoms with E-state index in [1.54, 1.807) is 0 Å². The van der Waals surface area contributed by atoms with Gasteiger partial charge < -0.3 is 19.4 Å². The number of ketones is 1. The maximum absolute atomic E-state index is 12.7. The Kier molecular flexibility index (Phi) is 6.11. The molecule has 0 saturated carbocycles. The van der Waals surface area contributed by atoms with Gasteiger partial charge in [0, 0.05) is 36.5 Å². The fourth-order valence-corrected chi connectivity index (χ4v) is 4.29. The highest BCUT2D eigenvalue weighted by atomic mass is 16.6. The van der Waals surface area contributed by atoms with E-state index < -0.39 is 0 Å². The Morgan fingerprint density at radius 3 is 2.79 bits per heavy atom. The van der Waals surface area contributed by atoms with Gasteiger partial charge in [0.2, 0.25) is 5.91 Å². The Morgan fingerprint density at radius 2 is 2.03 bits per heavy atom. The largest absolute Gasteiger partial charge is 0.376 e. The van der Waals surface area contributed by atoms with E-state index >= 15 is 0 Å². The molecule has 6 heteroatoms. The Bertz CT molecular complexity index is 882. The van der Waals surface area contributed by atoms with Crippen molar-refractivity contribution in [1.82, 2.24) is 9.88 Å². The average molecular weight is 396 g/mol. The van der Waals surface area contributed by atoms with Gasteiger partial charge in [-0.15, -0.1) is 0 Å². The van der Waals surface area contributed by atoms with Crippen molar-refractivity contribution in [3.8, 4) is 0 Å². The molecule has 154 valence electrons. The summed E-state index contributed by atoms with van der Waals surface area (Å²) in [6.07, 6.45) is 2.42. The van der Waals surface area contributed by atoms with Gasteiger partial charge >= 0.3 is 0 Å². The molecular formula is C23H28N2O4. The molecule has 1 aromatic heterocycles. The number of nitrogens with zero attached hydrogens (tertiary/aromatic N) is 1. The van der Waals surface area contributed by atoms with Crippen molar-refractivity contribution < 1.29 is 19.1 Å². The van der Waals surface area contributed by atoms with Gasteiger partial charge in [0.25, 0.3) is 0 Å². The fourth-order valence-electron chi connectivity index (χ4n) is 4.29. The number of carbonyl (C=O) groups excluding carboxylic acids is 2. The number of Topliss-reactive ketones (excluding diaryl/α,β-unsaturated/α-hetero) is 1. The van der Waals surface area contributed by atoms with Crippen LogP contribution in [0.3, 0.4) is 0 Å². The second kappa shape index (κ2) is 8.93. The SMILES string of the molecule is Cc1c(CC(=O)NC[C@@H]2COCCO2)c2c(n1Cc1ccccc1)CCCC2=O. The lowest BCUT2D eigenvalue weighted by molar-refractivity contribution is -0.123. The molecule has 6 nitrogen and oxygen atoms in total. The van der Waals surface area contributed by atoms with E-state index in [9.17, 15) is 9.59 Å². The Morgan fingerprint density at radius 1 is 1.21 bits per heavy atom. The zero-order chi connectivity index (χ0) is 20.2. The lowest BCUT2D eigenvalue weighted by Crippen LogP contribution is -2.40. The van der Waals surface area contributed by atoms with Crippen molar-refractivity contribution in [3.05, 3.63) is 58.4 Å². The Balaban J connectivity index is 1.54. The molecule has 4 rings (SSSR count). The van der Waals surface area contributed by atoms with Crippen molar-refractivity contribution in [2.75, 3.05) is 26.4 Å². The molecule has 1 aliphatic carbocycles. The summed E-state index contributed by atoms with van der Waals surface area (Å²) in [5.74, 6) is 0.0771. The second-order valence-electron chi connectivity index (χ2n) is 7.78. The van der Waals surface area contributed by atoms with Gasteiger partial charge in [0.05, 0.1) is 32.3 Å². The van der Waals surface area contributed by atoms with Gasteiger partial charge in [-0.05, 0) is 30.9 Å². The van der Waals surface area contributed by atoms with Crippen LogP contribution in [0.2, 0.25) is 0 Å². The third-order valence-corrected chi connectivity index (χ3v) is 5.79. The molecule has 1 fully saturated rings. The molecule has 1 atom stereocenters. The van der Waals surface area contributed by atoms with Crippen LogP contribution in [0.1, 0.15) is 45.7 Å². The predicted molar refractivity (Wildman–Crippen MR) is 109 cm³/mol. The van der Waals surface area contributed by atoms with Crippen LogP contribution in [-0.4, -0.2) is 48.7 Å². The van der Waals surface area contributed by atoms with Crippen LogP contribution in [0.25, 0.3) is 0 Å². The van der Waals surface area contributed by atoms with Gasteiger partial charge in [-0.2, -0.15) is 0 Å². The second-order valence-corrected chi connectivity index (χ2v) is 7.78. The molecule has 0 spiro atoms. The number of amides is 1. The van der Waals surface area contributed by atoms with Crippen molar-refractivity contribution in [2.45, 2.75) is 45.3 Å². The third-order valence-electron chi connectivity index (χ3n) is 5.79. The minimum absolute atomic E-state index is 0.0830. The van der Waals surface area contributed by atoms with E-state index in [1.165, 1.54) is 5.56 Å². The summed E-state index contributed by atoms with van der Waals surface area (Å²) in [4.78, 5) is 25.4. The number of hydrogen-bond donors (Lipinski definition) is 1. The standard InChI is InChI=1S/C23H28N2O4/c1-16-19(12-22(27)24-13-18-15-28-10-11-29-18)23-20(8-5-9-21(23)26)25(16)14-17-6-3-2-4-7-17/h2-4,6-7,18H,5,8-15H2,1H3,(H,24,27)/t18-/m1/s1. The first-order chi connectivity index (χ1) is 14.1. The fraction of sp³-hybridized carbons (Fsp3) is 0.478. The van der Waals surface area contributed by atoms with Crippen molar-refractivity contribution in [2.24, 2.45) is 0 Å². The zero-order valence-electron chi connectivity index (χ0n) is 16.9. The summed E-state index contributed by atoms with van der Waals surface area (Å²) in [5, 5.41) is 2.94. The first kappa shape index (κ1) is 19.9. The third kappa shape index (κ3) is 4.43. The number of rotatable bonds is 6. The van der Waals surface area contributed by atoms with E-state index in [1.807, 2.05) is 25.1 Å². The Hall–Kier alpha value is -2.44. The lowest BCUT2D eigenvalue weighted by atomic mass is 9.92. The van der Waals surface area contributed by atoms with Crippen LogP contribution in [0.5, 0.6) is 0 Å². The lowest BCUT2D eigenvalue weighted by Gasteiger charge is -2.23. The van der Waals surface area contributed by atoms with E-state index in [2.05, 4.69) is 22.0 Å². The van der Waals surface area contributed by atoms with Gasteiger partial charge in [0.15, 0.2) is 5.78 Å². The maximum Gasteiger partial charge on any atom is 0.224 e. The highest BCUT2D eigenvalue weighted by molar-refractivity contribution is 6.01. The van der Waals surface area contributed by atoms with E-state index in [0.29, 0.717) is 32.8 Å². The summed E-state index contributed by atoms with van der Waals surface area (Å²) in [7, 11) is 0. The van der Waals surface area contributed by atoms with Gasteiger partial charge in [0.1, 0.15) is 0 Å². The molecule has 1 saturated heterocycles. The molecule has 1 aliphatic heterocycles. The molecule has 0 bridgehead atoms. The van der Waals surface area contributed by atoms with Crippen LogP contribution in [0.15, 0.2) is 30.3 Å². The topological polar surface area (TPSA) is 69.6 Å². The summed E-state index contributed by atoms with van der Waals surface area (Å²) in [6.45, 7) is 4.84. The average Bonchev–Trinajstić information content (AvgIpc) is 3.01. The first-order valence-electron chi connectivity index (χ1n) is 10.4. The quantitative estimate of drug-likeness (QED) is 0.814. The van der Waals surface area contributed by atoms with Crippen molar-refractivity contribution in [1.29, 1.82) is 0 Å². The zero-order valence-corrected chi connectivity index (χ0v) is 16.9. The monoisotopic (exact) mass is 396 g/mol. The van der Waals surface area contributed by atoms with Crippen LogP contribution >= 0.6 is 0 Å². The molecule has 2 aromatic rings. The number of hydrogen-bond acceptors (Lipinski definition) is 4. The van der Waals surface area contributed by atoms with Crippen LogP contribution in [0.4, 0.5) is 0 Å². The van der Waals surface area contributed by atoms with E-state index in [-0.39, 0.29) is 24.2 Å². The number of carbonyl (C=O) groups is 2. The molecule has 2 heterocycles. The van der Waals surface area contributed by atoms with Crippen molar-refractivity contribution >= 4 is 11.7 Å². The van der Waals surface area contributed by atoms with Crippen LogP contribution < -0.4 is 5.32 Å². The molecule has 0 radical (unpaired) electrons. The summed E-state index contributed by atoms with van der Waals surface area (Å²) in [5.41, 5.74) is 4.93. The van der Waals surface area contributed by atoms with Crippen LogP contribution in [-0.2, 0) is 33.7 Å². The summed E-state index contributed by atoms with van der Waals surface area (Å²) < 4.78 is 13.2. The highest BCUT2D eigenvalue weighted by Gasteiger charge is 2.29. The summed E-state index contributed by atoms with van der Waals surface area (Å²) >= 11 is 0. The van der Waals surface area contributed by atoms with Crippen molar-refractivity contribution in [3.63, 3.8) is 0 Å². The van der Waals surface area contributed by atoms with Crippen LogP contribution in [0, 0.1) is 6.92 Å².